The van der Waals surface area contributed by atoms with E-state index in [1.165, 1.54) is 6.08 Å². The van der Waals surface area contributed by atoms with Gasteiger partial charge in [-0.25, -0.2) is 4.79 Å². The Morgan fingerprint density at radius 3 is 2.80 bits per heavy atom. The van der Waals surface area contributed by atoms with Gasteiger partial charge in [0.05, 0.1) is 26.9 Å². The van der Waals surface area contributed by atoms with Gasteiger partial charge in [-0.15, -0.1) is 0 Å². The Morgan fingerprint density at radius 2 is 2.12 bits per heavy atom. The summed E-state index contributed by atoms with van der Waals surface area (Å²) in [5, 5.41) is 0. The van der Waals surface area contributed by atoms with Gasteiger partial charge >= 0.3 is 5.97 Å². The van der Waals surface area contributed by atoms with Crippen LogP contribution in [0.5, 0.6) is 11.5 Å². The van der Waals surface area contributed by atoms with Crippen LogP contribution in [0.25, 0.3) is 6.08 Å². The van der Waals surface area contributed by atoms with Crippen LogP contribution in [0.2, 0.25) is 0 Å². The van der Waals surface area contributed by atoms with Crippen molar-refractivity contribution in [3.05, 3.63) is 29.8 Å². The third kappa shape index (κ3) is 5.49. The molecule has 1 atom stereocenters. The number of amides is 1. The molecule has 1 aliphatic rings. The molecule has 0 radical (unpaired) electrons. The number of methoxy groups -OCH3 is 2. The summed E-state index contributed by atoms with van der Waals surface area (Å²) in [7, 11) is 3.10. The minimum atomic E-state index is -0.598. The molecule has 1 amide bonds. The van der Waals surface area contributed by atoms with Crippen LogP contribution in [-0.4, -0.2) is 63.4 Å². The average molecular weight is 349 g/mol. The van der Waals surface area contributed by atoms with E-state index in [1.54, 1.807) is 43.4 Å². The SMILES string of the molecule is COc1ccc(OC)c(/C=C/C(=O)OCC(=O)N2CCOC(C)C2)c1. The second-order valence-corrected chi connectivity index (χ2v) is 5.57. The molecule has 1 heterocycles. The van der Waals surface area contributed by atoms with Crippen molar-refractivity contribution in [3.8, 4) is 11.5 Å². The maximum absolute atomic E-state index is 12.0. The van der Waals surface area contributed by atoms with E-state index in [2.05, 4.69) is 0 Å². The Balaban J connectivity index is 1.89. The number of rotatable bonds is 6. The second-order valence-electron chi connectivity index (χ2n) is 5.57. The second kappa shape index (κ2) is 9.08. The zero-order valence-electron chi connectivity index (χ0n) is 14.7. The van der Waals surface area contributed by atoms with Crippen LogP contribution in [0.4, 0.5) is 0 Å². The van der Waals surface area contributed by atoms with Gasteiger partial charge in [0.15, 0.2) is 6.61 Å². The van der Waals surface area contributed by atoms with Gasteiger partial charge in [-0.05, 0) is 31.2 Å². The summed E-state index contributed by atoms with van der Waals surface area (Å²) in [6.07, 6.45) is 2.81. The fourth-order valence-electron chi connectivity index (χ4n) is 2.44. The number of hydrogen-bond donors (Lipinski definition) is 0. The van der Waals surface area contributed by atoms with Crippen molar-refractivity contribution in [3.63, 3.8) is 0 Å². The highest BCUT2D eigenvalue weighted by atomic mass is 16.5. The molecule has 136 valence electrons. The van der Waals surface area contributed by atoms with Crippen molar-refractivity contribution in [1.82, 2.24) is 4.90 Å². The molecule has 25 heavy (non-hydrogen) atoms. The maximum Gasteiger partial charge on any atom is 0.331 e. The van der Waals surface area contributed by atoms with Gasteiger partial charge in [-0.3, -0.25) is 4.79 Å². The molecule has 0 aromatic heterocycles. The Bertz CT molecular complexity index is 642. The predicted octanol–water partition coefficient (Wildman–Crippen LogP) is 1.51. The highest BCUT2D eigenvalue weighted by Gasteiger charge is 2.21. The molecule has 0 N–H and O–H groups in total. The van der Waals surface area contributed by atoms with Crippen molar-refractivity contribution in [2.75, 3.05) is 40.5 Å². The van der Waals surface area contributed by atoms with Gasteiger partial charge in [0.2, 0.25) is 0 Å². The summed E-state index contributed by atoms with van der Waals surface area (Å²) in [6.45, 7) is 3.13. The summed E-state index contributed by atoms with van der Waals surface area (Å²) in [5.41, 5.74) is 0.673. The average Bonchev–Trinajstić information content (AvgIpc) is 2.64. The number of morpholine rings is 1. The molecule has 7 heteroatoms. The Morgan fingerprint density at radius 1 is 1.32 bits per heavy atom. The third-order valence-corrected chi connectivity index (χ3v) is 3.77. The number of ether oxygens (including phenoxy) is 4. The summed E-state index contributed by atoms with van der Waals surface area (Å²) in [6, 6.07) is 5.24. The minimum absolute atomic E-state index is 0.00572. The van der Waals surface area contributed by atoms with Crippen LogP contribution < -0.4 is 9.47 Å². The van der Waals surface area contributed by atoms with Crippen molar-refractivity contribution >= 4 is 18.0 Å². The first-order chi connectivity index (χ1) is 12.0. The molecule has 0 spiro atoms. The molecule has 7 nitrogen and oxygen atoms in total. The molecule has 1 fully saturated rings. The predicted molar refractivity (Wildman–Crippen MR) is 91.5 cm³/mol. The summed E-state index contributed by atoms with van der Waals surface area (Å²) in [5.74, 6) is 0.420. The molecule has 1 aromatic rings. The van der Waals surface area contributed by atoms with E-state index in [-0.39, 0.29) is 18.6 Å². The minimum Gasteiger partial charge on any atom is -0.497 e. The Labute approximate surface area is 147 Å². The topological polar surface area (TPSA) is 74.3 Å². The fraction of sp³-hybridized carbons (Fsp3) is 0.444. The number of hydrogen-bond acceptors (Lipinski definition) is 6. The molecule has 1 aromatic carbocycles. The van der Waals surface area contributed by atoms with Crippen molar-refractivity contribution in [2.24, 2.45) is 0 Å². The lowest BCUT2D eigenvalue weighted by molar-refractivity contribution is -0.151. The first kappa shape index (κ1) is 18.8. The van der Waals surface area contributed by atoms with Crippen LogP contribution in [-0.2, 0) is 19.1 Å². The van der Waals surface area contributed by atoms with E-state index >= 15 is 0 Å². The standard InChI is InChI=1S/C18H23NO6/c1-13-11-19(8-9-24-13)17(20)12-25-18(21)7-4-14-10-15(22-2)5-6-16(14)23-3/h4-7,10,13H,8-9,11-12H2,1-3H3/b7-4+. The lowest BCUT2D eigenvalue weighted by Gasteiger charge is -2.30. The number of carbonyl (C=O) groups excluding carboxylic acids is 2. The molecule has 2 rings (SSSR count). The Kier molecular flexibility index (Phi) is 6.82. The smallest absolute Gasteiger partial charge is 0.331 e. The van der Waals surface area contributed by atoms with Crippen molar-refractivity contribution < 1.29 is 28.5 Å². The first-order valence-corrected chi connectivity index (χ1v) is 7.99. The lowest BCUT2D eigenvalue weighted by Crippen LogP contribution is -2.46. The van der Waals surface area contributed by atoms with Crippen LogP contribution in [0.15, 0.2) is 24.3 Å². The van der Waals surface area contributed by atoms with Gasteiger partial charge in [0.1, 0.15) is 11.5 Å². The van der Waals surface area contributed by atoms with E-state index in [0.717, 1.165) is 0 Å². The van der Waals surface area contributed by atoms with E-state index in [4.69, 9.17) is 18.9 Å². The Hall–Kier alpha value is -2.54. The van der Waals surface area contributed by atoms with Gasteiger partial charge in [-0.1, -0.05) is 0 Å². The third-order valence-electron chi connectivity index (χ3n) is 3.77. The number of carbonyl (C=O) groups is 2. The van der Waals surface area contributed by atoms with E-state index in [1.807, 2.05) is 6.92 Å². The van der Waals surface area contributed by atoms with Gasteiger partial charge < -0.3 is 23.8 Å². The monoisotopic (exact) mass is 349 g/mol. The molecule has 1 aliphatic heterocycles. The molecular formula is C18H23NO6. The lowest BCUT2D eigenvalue weighted by atomic mass is 10.1. The zero-order chi connectivity index (χ0) is 18.2. The number of esters is 1. The molecule has 0 saturated carbocycles. The molecule has 1 saturated heterocycles. The first-order valence-electron chi connectivity index (χ1n) is 7.99. The quantitative estimate of drug-likeness (QED) is 0.572. The molecule has 0 aliphatic carbocycles. The van der Waals surface area contributed by atoms with E-state index < -0.39 is 5.97 Å². The van der Waals surface area contributed by atoms with Crippen molar-refractivity contribution in [1.29, 1.82) is 0 Å². The fourth-order valence-corrected chi connectivity index (χ4v) is 2.44. The molecule has 0 bridgehead atoms. The normalized spacial score (nSPS) is 17.4. The summed E-state index contributed by atoms with van der Waals surface area (Å²) >= 11 is 0. The van der Waals surface area contributed by atoms with Crippen LogP contribution >= 0.6 is 0 Å². The molecule has 1 unspecified atom stereocenters. The van der Waals surface area contributed by atoms with E-state index in [9.17, 15) is 9.59 Å². The number of benzene rings is 1. The van der Waals surface area contributed by atoms with Crippen LogP contribution in [0.3, 0.4) is 0 Å². The number of nitrogens with zero attached hydrogens (tertiary/aromatic N) is 1. The molecular weight excluding hydrogens is 326 g/mol. The highest BCUT2D eigenvalue weighted by Crippen LogP contribution is 2.25. The van der Waals surface area contributed by atoms with Gasteiger partial charge in [-0.2, -0.15) is 0 Å². The maximum atomic E-state index is 12.0. The van der Waals surface area contributed by atoms with Gasteiger partial charge in [0, 0.05) is 24.7 Å². The van der Waals surface area contributed by atoms with Crippen molar-refractivity contribution in [2.45, 2.75) is 13.0 Å². The van der Waals surface area contributed by atoms with E-state index in [0.29, 0.717) is 36.8 Å². The van der Waals surface area contributed by atoms with Gasteiger partial charge in [0.25, 0.3) is 5.91 Å². The summed E-state index contributed by atoms with van der Waals surface area (Å²) < 4.78 is 20.8. The summed E-state index contributed by atoms with van der Waals surface area (Å²) in [4.78, 5) is 25.5. The highest BCUT2D eigenvalue weighted by molar-refractivity contribution is 5.89. The van der Waals surface area contributed by atoms with Crippen LogP contribution in [0, 0.1) is 0 Å². The largest absolute Gasteiger partial charge is 0.497 e. The van der Waals surface area contributed by atoms with Crippen LogP contribution in [0.1, 0.15) is 12.5 Å². The zero-order valence-corrected chi connectivity index (χ0v) is 14.7.